The molecule has 3 N–H and O–H groups in total. The third kappa shape index (κ3) is 7.80. The lowest BCUT2D eigenvalue weighted by molar-refractivity contribution is -0.274. The molecular formula is C22H27F3N2O6S. The summed E-state index contributed by atoms with van der Waals surface area (Å²) in [4.78, 5) is 12.9. The van der Waals surface area contributed by atoms with Crippen LogP contribution in [0.3, 0.4) is 0 Å². The molecule has 0 heterocycles. The van der Waals surface area contributed by atoms with Gasteiger partial charge in [0, 0.05) is 19.2 Å². The van der Waals surface area contributed by atoms with Crippen LogP contribution >= 0.6 is 0 Å². The highest BCUT2D eigenvalue weighted by atomic mass is 32.2. The number of sulfonamides is 1. The number of benzene rings is 2. The van der Waals surface area contributed by atoms with E-state index in [1.165, 1.54) is 18.2 Å². The number of nitrogens with zero attached hydrogens (tertiary/aromatic N) is 1. The Morgan fingerprint density at radius 2 is 1.65 bits per heavy atom. The summed E-state index contributed by atoms with van der Waals surface area (Å²) < 4.78 is 72.3. The Bertz CT molecular complexity index is 1100. The van der Waals surface area contributed by atoms with E-state index in [-0.39, 0.29) is 22.7 Å². The molecule has 0 aliphatic rings. The van der Waals surface area contributed by atoms with E-state index < -0.39 is 33.0 Å². The van der Waals surface area contributed by atoms with Crippen molar-refractivity contribution in [3.8, 4) is 17.2 Å². The fraction of sp³-hybridized carbons (Fsp3) is 0.409. The summed E-state index contributed by atoms with van der Waals surface area (Å²) in [5, 5.41) is 14.9. The quantitative estimate of drug-likeness (QED) is 0.411. The molecule has 0 unspecified atom stereocenters. The Morgan fingerprint density at radius 1 is 1.06 bits per heavy atom. The number of nitrogens with two attached hydrogens (primary N) is 1. The van der Waals surface area contributed by atoms with Crippen LogP contribution in [0.5, 0.6) is 17.2 Å². The number of anilines is 1. The van der Waals surface area contributed by atoms with E-state index in [1.807, 2.05) is 13.8 Å². The second-order valence-corrected chi connectivity index (χ2v) is 9.02. The smallest absolute Gasteiger partial charge is 0.478 e. The summed E-state index contributed by atoms with van der Waals surface area (Å²) in [5.41, 5.74) is -0.161. The van der Waals surface area contributed by atoms with Crippen molar-refractivity contribution >= 4 is 21.7 Å². The van der Waals surface area contributed by atoms with Gasteiger partial charge in [-0.3, -0.25) is 0 Å². The van der Waals surface area contributed by atoms with E-state index in [2.05, 4.69) is 4.74 Å². The largest absolute Gasteiger partial charge is 0.573 e. The SMILES string of the molecule is CCCCN(CCCC)c1cc(C(=O)O)cc(S(N)(=O)=O)c1Oc1cccc(OC(F)(F)F)c1. The second kappa shape index (κ2) is 11.4. The zero-order valence-corrected chi connectivity index (χ0v) is 19.6. The summed E-state index contributed by atoms with van der Waals surface area (Å²) in [6, 6.07) is 6.69. The molecule has 2 rings (SSSR count). The average Bonchev–Trinajstić information content (AvgIpc) is 2.72. The fourth-order valence-corrected chi connectivity index (χ4v) is 3.86. The van der Waals surface area contributed by atoms with Gasteiger partial charge >= 0.3 is 12.3 Å². The van der Waals surface area contributed by atoms with Gasteiger partial charge in [0.1, 0.15) is 16.4 Å². The van der Waals surface area contributed by atoms with Gasteiger partial charge in [-0.1, -0.05) is 32.8 Å². The fourth-order valence-electron chi connectivity index (χ4n) is 3.16. The molecule has 0 saturated carbocycles. The third-order valence-electron chi connectivity index (χ3n) is 4.75. The maximum Gasteiger partial charge on any atom is 0.573 e. The van der Waals surface area contributed by atoms with Crippen LogP contribution in [-0.4, -0.2) is 38.9 Å². The van der Waals surface area contributed by atoms with E-state index in [0.29, 0.717) is 13.1 Å². The number of hydrogen-bond donors (Lipinski definition) is 2. The van der Waals surface area contributed by atoms with Gasteiger partial charge < -0.3 is 19.5 Å². The summed E-state index contributed by atoms with van der Waals surface area (Å²) >= 11 is 0. The Balaban J connectivity index is 2.70. The van der Waals surface area contributed by atoms with Crippen LogP contribution in [0.4, 0.5) is 18.9 Å². The molecule has 0 bridgehead atoms. The topological polar surface area (TPSA) is 119 Å². The van der Waals surface area contributed by atoms with Crippen molar-refractivity contribution < 1.29 is 41.0 Å². The third-order valence-corrected chi connectivity index (χ3v) is 5.67. The number of alkyl halides is 3. The maximum atomic E-state index is 12.6. The minimum atomic E-state index is -4.93. The summed E-state index contributed by atoms with van der Waals surface area (Å²) in [6.07, 6.45) is -1.86. The molecule has 34 heavy (non-hydrogen) atoms. The van der Waals surface area contributed by atoms with Gasteiger partial charge in [0.15, 0.2) is 5.75 Å². The molecule has 0 fully saturated rings. The molecule has 12 heteroatoms. The van der Waals surface area contributed by atoms with Gasteiger partial charge in [-0.15, -0.1) is 13.2 Å². The first-order valence-corrected chi connectivity index (χ1v) is 12.1. The van der Waals surface area contributed by atoms with Gasteiger partial charge in [0.05, 0.1) is 11.3 Å². The highest BCUT2D eigenvalue weighted by Gasteiger charge is 2.31. The Morgan fingerprint density at radius 3 is 2.15 bits per heavy atom. The first-order valence-electron chi connectivity index (χ1n) is 10.6. The van der Waals surface area contributed by atoms with E-state index in [0.717, 1.165) is 43.9 Å². The molecule has 0 atom stereocenters. The Kier molecular flexibility index (Phi) is 9.16. The molecular weight excluding hydrogens is 477 g/mol. The van der Waals surface area contributed by atoms with Crippen LogP contribution in [-0.2, 0) is 10.0 Å². The number of carboxylic acids is 1. The molecule has 2 aromatic carbocycles. The van der Waals surface area contributed by atoms with Crippen molar-refractivity contribution in [2.45, 2.75) is 50.8 Å². The van der Waals surface area contributed by atoms with Crippen molar-refractivity contribution in [1.29, 1.82) is 0 Å². The van der Waals surface area contributed by atoms with Gasteiger partial charge in [0.25, 0.3) is 0 Å². The van der Waals surface area contributed by atoms with E-state index in [1.54, 1.807) is 4.90 Å². The molecule has 0 aliphatic heterocycles. The highest BCUT2D eigenvalue weighted by Crippen LogP contribution is 2.40. The average molecular weight is 505 g/mol. The zero-order valence-electron chi connectivity index (χ0n) is 18.8. The predicted molar refractivity (Wildman–Crippen MR) is 120 cm³/mol. The molecule has 2 aromatic rings. The lowest BCUT2D eigenvalue weighted by Crippen LogP contribution is -2.27. The van der Waals surface area contributed by atoms with E-state index in [4.69, 9.17) is 9.88 Å². The van der Waals surface area contributed by atoms with Gasteiger partial charge in [-0.05, 0) is 37.1 Å². The van der Waals surface area contributed by atoms with E-state index >= 15 is 0 Å². The number of carboxylic acid groups (broad SMARTS) is 1. The van der Waals surface area contributed by atoms with Crippen molar-refractivity contribution in [2.24, 2.45) is 5.14 Å². The Labute approximate surface area is 196 Å². The molecule has 0 spiro atoms. The molecule has 0 radical (unpaired) electrons. The minimum absolute atomic E-state index is 0.151. The predicted octanol–water partition coefficient (Wildman–Crippen LogP) is 5.13. The number of hydrogen-bond acceptors (Lipinski definition) is 6. The van der Waals surface area contributed by atoms with E-state index in [9.17, 15) is 31.5 Å². The molecule has 8 nitrogen and oxygen atoms in total. The van der Waals surface area contributed by atoms with Crippen LogP contribution in [0.15, 0.2) is 41.3 Å². The minimum Gasteiger partial charge on any atom is -0.478 e. The van der Waals surface area contributed by atoms with Gasteiger partial charge in [-0.25, -0.2) is 18.4 Å². The van der Waals surface area contributed by atoms with Crippen LogP contribution < -0.4 is 19.5 Å². The van der Waals surface area contributed by atoms with Crippen molar-refractivity contribution in [3.63, 3.8) is 0 Å². The summed E-state index contributed by atoms with van der Waals surface area (Å²) in [6.45, 7) is 4.87. The number of halogens is 3. The van der Waals surface area contributed by atoms with Crippen molar-refractivity contribution in [3.05, 3.63) is 42.0 Å². The number of primary sulfonamides is 1. The summed E-state index contributed by atoms with van der Waals surface area (Å²) in [5.74, 6) is -2.37. The highest BCUT2D eigenvalue weighted by molar-refractivity contribution is 7.89. The van der Waals surface area contributed by atoms with Crippen LogP contribution in [0.2, 0.25) is 0 Å². The molecule has 0 aromatic heterocycles. The number of unbranched alkanes of at least 4 members (excludes halogenated alkanes) is 2. The van der Waals surface area contributed by atoms with Gasteiger partial charge in [-0.2, -0.15) is 0 Å². The van der Waals surface area contributed by atoms with Crippen LogP contribution in [0.1, 0.15) is 49.9 Å². The molecule has 0 aliphatic carbocycles. The normalized spacial score (nSPS) is 11.8. The van der Waals surface area contributed by atoms with Gasteiger partial charge in [0.2, 0.25) is 10.0 Å². The molecule has 188 valence electrons. The summed E-state index contributed by atoms with van der Waals surface area (Å²) in [7, 11) is -4.47. The number of carbonyl (C=O) groups is 1. The number of ether oxygens (including phenoxy) is 2. The van der Waals surface area contributed by atoms with Crippen molar-refractivity contribution in [1.82, 2.24) is 0 Å². The first-order chi connectivity index (χ1) is 15.9. The molecule has 0 saturated heterocycles. The van der Waals surface area contributed by atoms with Crippen molar-refractivity contribution in [2.75, 3.05) is 18.0 Å². The monoisotopic (exact) mass is 504 g/mol. The lowest BCUT2D eigenvalue weighted by Gasteiger charge is -2.28. The standard InChI is InChI=1S/C22H27F3N2O6S/c1-3-5-10-27(11-6-4-2)18-12-15(21(28)29)13-19(34(26,30)31)20(18)32-16-8-7-9-17(14-16)33-22(23,24)25/h7-9,12-14H,3-6,10-11H2,1-2H3,(H,28,29)(H2,26,30,31). The number of aromatic carboxylic acids is 1. The van der Waals surface area contributed by atoms with Crippen LogP contribution in [0.25, 0.3) is 0 Å². The Hall–Kier alpha value is -2.99. The maximum absolute atomic E-state index is 12.6. The first kappa shape index (κ1) is 27.3. The van der Waals surface area contributed by atoms with Crippen LogP contribution in [0, 0.1) is 0 Å². The lowest BCUT2D eigenvalue weighted by atomic mass is 10.1. The molecule has 0 amide bonds. The number of rotatable bonds is 12. The second-order valence-electron chi connectivity index (χ2n) is 7.49. The zero-order chi connectivity index (χ0) is 25.5.